The predicted molar refractivity (Wildman–Crippen MR) is 84.5 cm³/mol. The van der Waals surface area contributed by atoms with Crippen LogP contribution in [0.5, 0.6) is 0 Å². The first kappa shape index (κ1) is 14.4. The van der Waals surface area contributed by atoms with E-state index in [0.29, 0.717) is 18.9 Å². The largest absolute Gasteiger partial charge is 0.467 e. The molecule has 22 heavy (non-hydrogen) atoms. The van der Waals surface area contributed by atoms with E-state index in [2.05, 4.69) is 16.9 Å². The van der Waals surface area contributed by atoms with Crippen LogP contribution in [0.1, 0.15) is 36.1 Å². The number of fused-ring (bicyclic) bond motifs is 1. The zero-order valence-corrected chi connectivity index (χ0v) is 12.6. The van der Waals surface area contributed by atoms with E-state index in [4.69, 9.17) is 4.42 Å². The number of rotatable bonds is 6. The third-order valence-electron chi connectivity index (χ3n) is 3.59. The number of hydrogen-bond donors (Lipinski definition) is 1. The molecule has 0 spiro atoms. The first-order valence-electron chi connectivity index (χ1n) is 7.54. The summed E-state index contributed by atoms with van der Waals surface area (Å²) in [5.41, 5.74) is 1.68. The number of imidazole rings is 1. The summed E-state index contributed by atoms with van der Waals surface area (Å²) in [6, 6.07) is 11.4. The van der Waals surface area contributed by atoms with Crippen LogP contribution >= 0.6 is 0 Å². The fourth-order valence-corrected chi connectivity index (χ4v) is 2.40. The van der Waals surface area contributed by atoms with Crippen LogP contribution in [0.3, 0.4) is 0 Å². The van der Waals surface area contributed by atoms with Crippen molar-refractivity contribution >= 4 is 16.9 Å². The summed E-state index contributed by atoms with van der Waals surface area (Å²) < 4.78 is 5.36. The summed E-state index contributed by atoms with van der Waals surface area (Å²) in [5.74, 6) is 1.06. The molecule has 0 fully saturated rings. The molecule has 1 N–H and O–H groups in total. The van der Waals surface area contributed by atoms with Crippen LogP contribution < -0.4 is 0 Å². The topological polar surface area (TPSA) is 62.1 Å². The smallest absolute Gasteiger partial charge is 0.290 e. The summed E-state index contributed by atoms with van der Waals surface area (Å²) in [7, 11) is 0. The average Bonchev–Trinajstić information content (AvgIpc) is 3.19. The van der Waals surface area contributed by atoms with Crippen molar-refractivity contribution in [2.45, 2.75) is 26.3 Å². The van der Waals surface area contributed by atoms with E-state index in [1.165, 1.54) is 0 Å². The van der Waals surface area contributed by atoms with Gasteiger partial charge in [0.1, 0.15) is 5.76 Å². The van der Waals surface area contributed by atoms with E-state index in [0.717, 1.165) is 29.6 Å². The van der Waals surface area contributed by atoms with Crippen molar-refractivity contribution in [2.24, 2.45) is 0 Å². The summed E-state index contributed by atoms with van der Waals surface area (Å²) >= 11 is 0. The molecule has 0 aliphatic rings. The Bertz CT molecular complexity index is 713. The number of nitrogens with zero attached hydrogens (tertiary/aromatic N) is 2. The van der Waals surface area contributed by atoms with Gasteiger partial charge in [-0.25, -0.2) is 4.98 Å². The van der Waals surface area contributed by atoms with Crippen LogP contribution in [0.2, 0.25) is 0 Å². The van der Waals surface area contributed by atoms with Gasteiger partial charge in [0.05, 0.1) is 23.8 Å². The second-order valence-electron chi connectivity index (χ2n) is 5.26. The molecular formula is C17H19N3O2. The van der Waals surface area contributed by atoms with Crippen molar-refractivity contribution in [3.63, 3.8) is 0 Å². The molecule has 0 radical (unpaired) electrons. The van der Waals surface area contributed by atoms with Crippen LogP contribution in [-0.2, 0) is 6.54 Å². The number of benzene rings is 1. The number of aromatic nitrogens is 2. The molecule has 0 bridgehead atoms. The monoisotopic (exact) mass is 297 g/mol. The maximum absolute atomic E-state index is 12.7. The van der Waals surface area contributed by atoms with E-state index in [1.807, 2.05) is 36.4 Å². The lowest BCUT2D eigenvalue weighted by atomic mass is 10.3. The number of unbranched alkanes of at least 4 members (excludes halogenated alkanes) is 1. The number of aromatic amines is 1. The Morgan fingerprint density at radius 1 is 1.27 bits per heavy atom. The summed E-state index contributed by atoms with van der Waals surface area (Å²) in [4.78, 5) is 22.0. The van der Waals surface area contributed by atoms with Gasteiger partial charge in [0.2, 0.25) is 0 Å². The van der Waals surface area contributed by atoms with Crippen molar-refractivity contribution in [1.29, 1.82) is 0 Å². The predicted octanol–water partition coefficient (Wildman–Crippen LogP) is 3.60. The van der Waals surface area contributed by atoms with Gasteiger partial charge in [0, 0.05) is 6.54 Å². The highest BCUT2D eigenvalue weighted by molar-refractivity contribution is 5.94. The summed E-state index contributed by atoms with van der Waals surface area (Å²) in [5, 5.41) is 0. The van der Waals surface area contributed by atoms with Crippen LogP contribution in [0.15, 0.2) is 47.1 Å². The van der Waals surface area contributed by atoms with Gasteiger partial charge >= 0.3 is 0 Å². The minimum absolute atomic E-state index is 0.0962. The molecule has 0 aliphatic heterocycles. The molecule has 5 nitrogen and oxygen atoms in total. The Morgan fingerprint density at radius 2 is 2.14 bits per heavy atom. The number of nitrogens with one attached hydrogen (secondary N) is 1. The molecule has 0 atom stereocenters. The zero-order chi connectivity index (χ0) is 15.4. The van der Waals surface area contributed by atoms with Crippen LogP contribution in [0.4, 0.5) is 0 Å². The molecule has 3 rings (SSSR count). The van der Waals surface area contributed by atoms with Gasteiger partial charge in [-0.1, -0.05) is 25.5 Å². The molecule has 0 saturated heterocycles. The Kier molecular flexibility index (Phi) is 4.23. The third kappa shape index (κ3) is 3.03. The molecule has 2 aromatic heterocycles. The van der Waals surface area contributed by atoms with Crippen LogP contribution in [0, 0.1) is 0 Å². The molecule has 0 saturated carbocycles. The number of carbonyl (C=O) groups is 1. The van der Waals surface area contributed by atoms with Crippen molar-refractivity contribution in [1.82, 2.24) is 14.9 Å². The Balaban J connectivity index is 1.83. The Hall–Kier alpha value is -2.56. The minimum Gasteiger partial charge on any atom is -0.467 e. The summed E-state index contributed by atoms with van der Waals surface area (Å²) in [6.07, 6.45) is 3.60. The maximum Gasteiger partial charge on any atom is 0.290 e. The molecule has 0 unspecified atom stereocenters. The second kappa shape index (κ2) is 6.47. The third-order valence-corrected chi connectivity index (χ3v) is 3.59. The lowest BCUT2D eigenvalue weighted by Crippen LogP contribution is -2.32. The second-order valence-corrected chi connectivity index (χ2v) is 5.26. The van der Waals surface area contributed by atoms with Gasteiger partial charge < -0.3 is 14.3 Å². The van der Waals surface area contributed by atoms with Crippen molar-refractivity contribution in [2.75, 3.05) is 6.54 Å². The minimum atomic E-state index is -0.0962. The van der Waals surface area contributed by atoms with E-state index in [9.17, 15) is 4.79 Å². The fourth-order valence-electron chi connectivity index (χ4n) is 2.40. The molecule has 1 amide bonds. The molecule has 5 heteroatoms. The van der Waals surface area contributed by atoms with Gasteiger partial charge in [0.25, 0.3) is 5.91 Å². The normalized spacial score (nSPS) is 11.0. The number of H-pyrrole nitrogens is 1. The highest BCUT2D eigenvalue weighted by Gasteiger charge is 2.20. The van der Waals surface area contributed by atoms with Gasteiger partial charge in [-0.05, 0) is 30.7 Å². The number of furan rings is 1. The maximum atomic E-state index is 12.7. The lowest BCUT2D eigenvalue weighted by molar-refractivity contribution is 0.0718. The van der Waals surface area contributed by atoms with Gasteiger partial charge in [-0.15, -0.1) is 0 Å². The van der Waals surface area contributed by atoms with Crippen molar-refractivity contribution < 1.29 is 9.21 Å². The van der Waals surface area contributed by atoms with Gasteiger partial charge in [0.15, 0.2) is 5.82 Å². The van der Waals surface area contributed by atoms with E-state index >= 15 is 0 Å². The number of amides is 1. The Morgan fingerprint density at radius 3 is 2.86 bits per heavy atom. The van der Waals surface area contributed by atoms with Gasteiger partial charge in [-0.3, -0.25) is 4.79 Å². The van der Waals surface area contributed by atoms with Gasteiger partial charge in [-0.2, -0.15) is 0 Å². The molecular weight excluding hydrogens is 278 g/mol. The van der Waals surface area contributed by atoms with Crippen LogP contribution in [-0.4, -0.2) is 27.3 Å². The van der Waals surface area contributed by atoms with E-state index in [-0.39, 0.29) is 5.91 Å². The van der Waals surface area contributed by atoms with E-state index in [1.54, 1.807) is 11.2 Å². The quantitative estimate of drug-likeness (QED) is 0.756. The van der Waals surface area contributed by atoms with E-state index < -0.39 is 0 Å². The number of carbonyl (C=O) groups excluding carboxylic acids is 1. The lowest BCUT2D eigenvalue weighted by Gasteiger charge is -2.20. The van der Waals surface area contributed by atoms with Crippen LogP contribution in [0.25, 0.3) is 11.0 Å². The standard InChI is InChI=1S/C17H19N3O2/c1-2-3-10-20(12-13-7-6-11-22-13)17(21)16-18-14-8-4-5-9-15(14)19-16/h4-9,11H,2-3,10,12H2,1H3,(H,18,19). The zero-order valence-electron chi connectivity index (χ0n) is 12.6. The highest BCUT2D eigenvalue weighted by Crippen LogP contribution is 2.14. The number of para-hydroxylation sites is 2. The van der Waals surface area contributed by atoms with Crippen molar-refractivity contribution in [3.05, 3.63) is 54.2 Å². The van der Waals surface area contributed by atoms with Crippen molar-refractivity contribution in [3.8, 4) is 0 Å². The number of hydrogen-bond acceptors (Lipinski definition) is 3. The SMILES string of the molecule is CCCCN(Cc1ccco1)C(=O)c1nc2ccccc2[nH]1. The molecule has 0 aliphatic carbocycles. The average molecular weight is 297 g/mol. The molecule has 2 heterocycles. The first-order chi connectivity index (χ1) is 10.8. The summed E-state index contributed by atoms with van der Waals surface area (Å²) in [6.45, 7) is 3.26. The molecule has 3 aromatic rings. The molecule has 1 aromatic carbocycles. The first-order valence-corrected chi connectivity index (χ1v) is 7.54. The molecule has 114 valence electrons. The highest BCUT2D eigenvalue weighted by atomic mass is 16.3. The Labute approximate surface area is 129 Å². The fraction of sp³-hybridized carbons (Fsp3) is 0.294.